The van der Waals surface area contributed by atoms with Crippen LogP contribution < -0.4 is 4.74 Å². The van der Waals surface area contributed by atoms with E-state index in [0.29, 0.717) is 12.4 Å². The van der Waals surface area contributed by atoms with Gasteiger partial charge in [-0.05, 0) is 13.0 Å². The molecule has 2 aromatic rings. The van der Waals surface area contributed by atoms with Crippen molar-refractivity contribution in [3.05, 3.63) is 23.9 Å². The average molecular weight is 288 g/mol. The van der Waals surface area contributed by atoms with Crippen molar-refractivity contribution in [2.45, 2.75) is 30.9 Å². The number of methoxy groups -OCH3 is 1. The van der Waals surface area contributed by atoms with E-state index in [9.17, 15) is 9.90 Å². The smallest absolute Gasteiger partial charge is 0.339 e. The van der Waals surface area contributed by atoms with Gasteiger partial charge in [0.2, 0.25) is 0 Å². The third kappa shape index (κ3) is 1.62. The predicted octanol–water partition coefficient (Wildman–Crippen LogP) is 2.02. The van der Waals surface area contributed by atoms with Crippen molar-refractivity contribution in [3.63, 3.8) is 0 Å². The third-order valence-electron chi connectivity index (χ3n) is 4.64. The van der Waals surface area contributed by atoms with Gasteiger partial charge in [-0.1, -0.05) is 0 Å². The van der Waals surface area contributed by atoms with Crippen molar-refractivity contribution in [2.75, 3.05) is 13.7 Å². The molecule has 6 heteroatoms. The molecule has 0 amide bonds. The third-order valence-corrected chi connectivity index (χ3v) is 4.64. The fraction of sp³-hybridized carbons (Fsp3) is 0.467. The molecule has 0 atom stereocenters. The molecule has 110 valence electrons. The second-order valence-electron chi connectivity index (χ2n) is 6.31. The van der Waals surface area contributed by atoms with Crippen molar-refractivity contribution >= 4 is 16.9 Å². The van der Waals surface area contributed by atoms with Gasteiger partial charge in [-0.15, -0.1) is 0 Å². The van der Waals surface area contributed by atoms with Crippen LogP contribution in [0.5, 0.6) is 5.75 Å². The first-order valence-corrected chi connectivity index (χ1v) is 6.90. The fourth-order valence-electron chi connectivity index (χ4n) is 3.71. The lowest BCUT2D eigenvalue weighted by molar-refractivity contribution is 0.00383. The highest BCUT2D eigenvalue weighted by molar-refractivity contribution is 5.96. The van der Waals surface area contributed by atoms with Gasteiger partial charge in [0.1, 0.15) is 11.3 Å². The molecule has 1 N–H and O–H groups in total. The normalized spacial score (nSPS) is 30.4. The quantitative estimate of drug-likeness (QED) is 0.935. The van der Waals surface area contributed by atoms with Gasteiger partial charge in [0.05, 0.1) is 30.4 Å². The molecule has 1 aliphatic carbocycles. The molecule has 0 unspecified atom stereocenters. The molecule has 3 fully saturated rings. The number of carboxylic acids is 1. The predicted molar refractivity (Wildman–Crippen MR) is 74.8 cm³/mol. The number of nitrogens with zero attached hydrogens (tertiary/aromatic N) is 2. The number of aromatic nitrogens is 2. The Labute approximate surface area is 121 Å². The second kappa shape index (κ2) is 3.76. The van der Waals surface area contributed by atoms with Crippen molar-refractivity contribution in [2.24, 2.45) is 0 Å². The van der Waals surface area contributed by atoms with E-state index in [1.165, 1.54) is 7.11 Å². The van der Waals surface area contributed by atoms with Crippen LogP contribution in [0.25, 0.3) is 10.9 Å². The number of carbonyl (C=O) groups is 1. The summed E-state index contributed by atoms with van der Waals surface area (Å²) < 4.78 is 12.9. The molecule has 0 radical (unpaired) electrons. The standard InChI is InChI=1S/C15H16N2O4/c1-14-6-15(7-14,8-21-14)17-5-9-3-10(13(18)19)12(20-2)4-11(9)16-17/h3-5H,6-8H2,1-2H3,(H,18,19). The first kappa shape index (κ1) is 12.6. The molecule has 2 aliphatic heterocycles. The van der Waals surface area contributed by atoms with Gasteiger partial charge in [0.15, 0.2) is 0 Å². The topological polar surface area (TPSA) is 73.6 Å². The van der Waals surface area contributed by atoms with E-state index in [1.54, 1.807) is 12.1 Å². The molecule has 3 heterocycles. The number of carboxylic acid groups (broad SMARTS) is 1. The highest BCUT2D eigenvalue weighted by Crippen LogP contribution is 2.55. The molecule has 2 bridgehead atoms. The first-order chi connectivity index (χ1) is 9.95. The summed E-state index contributed by atoms with van der Waals surface area (Å²) in [7, 11) is 1.46. The minimum Gasteiger partial charge on any atom is -0.496 e. The fourth-order valence-corrected chi connectivity index (χ4v) is 3.71. The minimum atomic E-state index is -1.000. The molecular weight excluding hydrogens is 272 g/mol. The zero-order valence-corrected chi connectivity index (χ0v) is 11.9. The van der Waals surface area contributed by atoms with Crippen LogP contribution in [0.15, 0.2) is 18.3 Å². The summed E-state index contributed by atoms with van der Waals surface area (Å²) in [5, 5.41) is 14.7. The summed E-state index contributed by atoms with van der Waals surface area (Å²) in [6.45, 7) is 2.79. The molecule has 0 spiro atoms. The van der Waals surface area contributed by atoms with Gasteiger partial charge < -0.3 is 14.6 Å². The number of rotatable bonds is 3. The lowest BCUT2D eigenvalue weighted by Crippen LogP contribution is -2.49. The van der Waals surface area contributed by atoms with Crippen molar-refractivity contribution < 1.29 is 19.4 Å². The Kier molecular flexibility index (Phi) is 2.27. The van der Waals surface area contributed by atoms with E-state index < -0.39 is 5.97 Å². The highest BCUT2D eigenvalue weighted by atomic mass is 16.5. The minimum absolute atomic E-state index is 0.0119. The number of benzene rings is 1. The Morgan fingerprint density at radius 2 is 2.24 bits per heavy atom. The van der Waals surface area contributed by atoms with Crippen LogP contribution >= 0.6 is 0 Å². The van der Waals surface area contributed by atoms with Gasteiger partial charge in [0.25, 0.3) is 0 Å². The molecule has 5 rings (SSSR count). The Morgan fingerprint density at radius 3 is 2.81 bits per heavy atom. The SMILES string of the molecule is COc1cc2nn(C34COC(C)(C3)C4)cc2cc1C(=O)O. The van der Waals surface area contributed by atoms with Gasteiger partial charge >= 0.3 is 5.97 Å². The zero-order valence-electron chi connectivity index (χ0n) is 11.9. The van der Waals surface area contributed by atoms with Crippen molar-refractivity contribution in [1.82, 2.24) is 9.78 Å². The molecule has 6 nitrogen and oxygen atoms in total. The van der Waals surface area contributed by atoms with E-state index in [1.807, 2.05) is 10.9 Å². The number of hydrogen-bond acceptors (Lipinski definition) is 4. The Morgan fingerprint density at radius 1 is 1.48 bits per heavy atom. The summed E-state index contributed by atoms with van der Waals surface area (Å²) in [6.07, 6.45) is 3.82. The maximum absolute atomic E-state index is 11.3. The van der Waals surface area contributed by atoms with E-state index >= 15 is 0 Å². The molecule has 21 heavy (non-hydrogen) atoms. The van der Waals surface area contributed by atoms with Crippen LogP contribution in [0.4, 0.5) is 0 Å². The van der Waals surface area contributed by atoms with E-state index in [4.69, 9.17) is 9.47 Å². The van der Waals surface area contributed by atoms with Gasteiger partial charge in [-0.2, -0.15) is 5.10 Å². The maximum Gasteiger partial charge on any atom is 0.339 e. The summed E-state index contributed by atoms with van der Waals surface area (Å²) in [6, 6.07) is 3.30. The van der Waals surface area contributed by atoms with E-state index in [0.717, 1.165) is 23.7 Å². The molecular formula is C15H16N2O4. The van der Waals surface area contributed by atoms with Crippen molar-refractivity contribution in [1.29, 1.82) is 0 Å². The highest BCUT2D eigenvalue weighted by Gasteiger charge is 2.61. The first-order valence-electron chi connectivity index (χ1n) is 6.90. The molecule has 1 aromatic heterocycles. The summed E-state index contributed by atoms with van der Waals surface area (Å²) in [5.74, 6) is -0.668. The van der Waals surface area contributed by atoms with Crippen LogP contribution in [0.3, 0.4) is 0 Å². The monoisotopic (exact) mass is 288 g/mol. The summed E-state index contributed by atoms with van der Waals surface area (Å²) in [5.41, 5.74) is 0.821. The summed E-state index contributed by atoms with van der Waals surface area (Å²) in [4.78, 5) is 11.3. The van der Waals surface area contributed by atoms with Crippen LogP contribution in [-0.4, -0.2) is 40.2 Å². The average Bonchev–Trinajstić information content (AvgIpc) is 3.06. The zero-order chi connectivity index (χ0) is 14.8. The summed E-state index contributed by atoms with van der Waals surface area (Å²) >= 11 is 0. The Bertz CT molecular complexity index is 758. The lowest BCUT2D eigenvalue weighted by Gasteiger charge is -2.42. The number of fused-ring (bicyclic) bond motifs is 2. The number of aromatic carboxylic acids is 1. The molecule has 1 aromatic carbocycles. The van der Waals surface area contributed by atoms with Crippen LogP contribution in [-0.2, 0) is 10.3 Å². The molecule has 2 saturated heterocycles. The van der Waals surface area contributed by atoms with Crippen LogP contribution in [0.2, 0.25) is 0 Å². The maximum atomic E-state index is 11.3. The van der Waals surface area contributed by atoms with Crippen molar-refractivity contribution in [3.8, 4) is 5.75 Å². The van der Waals surface area contributed by atoms with E-state index in [2.05, 4.69) is 12.0 Å². The van der Waals surface area contributed by atoms with Crippen LogP contribution in [0, 0.1) is 0 Å². The van der Waals surface area contributed by atoms with Gasteiger partial charge in [-0.25, -0.2) is 4.79 Å². The van der Waals surface area contributed by atoms with Crippen LogP contribution in [0.1, 0.15) is 30.1 Å². The van der Waals surface area contributed by atoms with Gasteiger partial charge in [-0.3, -0.25) is 4.68 Å². The van der Waals surface area contributed by atoms with Gasteiger partial charge in [0, 0.05) is 30.5 Å². The Hall–Kier alpha value is -2.08. The molecule has 3 aliphatic rings. The lowest BCUT2D eigenvalue weighted by atomic mass is 9.69. The molecule has 1 saturated carbocycles. The Balaban J connectivity index is 1.82. The second-order valence-corrected chi connectivity index (χ2v) is 6.31. The number of hydrogen-bond donors (Lipinski definition) is 1. The largest absolute Gasteiger partial charge is 0.496 e. The number of ether oxygens (including phenoxy) is 2. The van der Waals surface area contributed by atoms with E-state index in [-0.39, 0.29) is 16.7 Å².